The van der Waals surface area contributed by atoms with E-state index in [4.69, 9.17) is 4.84 Å². The van der Waals surface area contributed by atoms with Gasteiger partial charge in [-0.15, -0.1) is 0 Å². The summed E-state index contributed by atoms with van der Waals surface area (Å²) < 4.78 is 14.7. The summed E-state index contributed by atoms with van der Waals surface area (Å²) in [6, 6.07) is 5.86. The quantitative estimate of drug-likeness (QED) is 0.680. The number of aromatic nitrogens is 2. The Kier molecular flexibility index (Phi) is 4.75. The van der Waals surface area contributed by atoms with Crippen LogP contribution in [0.3, 0.4) is 0 Å². The molecule has 5 nitrogen and oxygen atoms in total. The van der Waals surface area contributed by atoms with E-state index in [1.807, 2.05) is 6.26 Å². The normalized spacial score (nSPS) is 10.6. The molecular weight excluding hydrogens is 281 g/mol. The summed E-state index contributed by atoms with van der Waals surface area (Å²) in [5, 5.41) is 0.637. The zero-order valence-electron chi connectivity index (χ0n) is 11.1. The molecule has 0 saturated carbocycles. The van der Waals surface area contributed by atoms with Crippen molar-refractivity contribution in [3.05, 3.63) is 42.0 Å². The Balaban J connectivity index is 2.41. The minimum atomic E-state index is -0.399. The van der Waals surface area contributed by atoms with Crippen LogP contribution in [0.2, 0.25) is 0 Å². The fraction of sp³-hybridized carbons (Fsp3) is 0.231. The summed E-state index contributed by atoms with van der Waals surface area (Å²) in [7, 11) is 0. The van der Waals surface area contributed by atoms with Gasteiger partial charge in [-0.1, -0.05) is 11.8 Å². The van der Waals surface area contributed by atoms with Gasteiger partial charge in [0.2, 0.25) is 0 Å². The average Bonchev–Trinajstić information content (AvgIpc) is 2.89. The Bertz CT molecular complexity index is 598. The number of hydrogen-bond donors (Lipinski definition) is 1. The number of carbonyl (C=O) groups excluding carboxylic acids is 1. The van der Waals surface area contributed by atoms with E-state index in [0.717, 1.165) is 0 Å². The summed E-state index contributed by atoms with van der Waals surface area (Å²) in [5.74, 6) is -0.733. The first kappa shape index (κ1) is 14.5. The summed E-state index contributed by atoms with van der Waals surface area (Å²) in [6.45, 7) is 2.14. The number of hydrogen-bond acceptors (Lipinski definition) is 4. The molecule has 0 saturated heterocycles. The predicted octanol–water partition coefficient (Wildman–Crippen LogP) is 2.41. The van der Waals surface area contributed by atoms with Crippen molar-refractivity contribution in [2.24, 2.45) is 0 Å². The number of imidazole rings is 1. The van der Waals surface area contributed by atoms with E-state index < -0.39 is 5.91 Å². The molecular formula is C13H14FN3O2S. The van der Waals surface area contributed by atoms with Crippen LogP contribution in [0.15, 0.2) is 35.6 Å². The molecule has 7 heteroatoms. The number of nitrogens with one attached hydrogen (secondary N) is 1. The van der Waals surface area contributed by atoms with Gasteiger partial charge in [0, 0.05) is 5.69 Å². The minimum Gasteiger partial charge on any atom is -0.283 e. The third kappa shape index (κ3) is 3.00. The van der Waals surface area contributed by atoms with Crippen molar-refractivity contribution >= 4 is 17.7 Å². The number of halogens is 1. The highest BCUT2D eigenvalue weighted by Crippen LogP contribution is 2.21. The third-order valence-corrected chi connectivity index (χ3v) is 3.19. The highest BCUT2D eigenvalue weighted by molar-refractivity contribution is 7.98. The second-order valence-corrected chi connectivity index (χ2v) is 4.58. The Morgan fingerprint density at radius 3 is 2.75 bits per heavy atom. The van der Waals surface area contributed by atoms with Crippen LogP contribution in [0.4, 0.5) is 4.39 Å². The number of rotatable bonds is 5. The lowest BCUT2D eigenvalue weighted by Gasteiger charge is -2.10. The molecule has 0 aliphatic heterocycles. The molecule has 20 heavy (non-hydrogen) atoms. The molecule has 0 aliphatic carbocycles. The SMILES string of the molecule is CCONC(=O)c1cnc(SC)n1-c1ccc(F)cc1. The van der Waals surface area contributed by atoms with Crippen LogP contribution in [0.25, 0.3) is 5.69 Å². The van der Waals surface area contributed by atoms with E-state index in [2.05, 4.69) is 10.5 Å². The molecule has 0 radical (unpaired) electrons. The molecule has 1 aromatic carbocycles. The van der Waals surface area contributed by atoms with Crippen molar-refractivity contribution in [3.63, 3.8) is 0 Å². The van der Waals surface area contributed by atoms with Gasteiger partial charge in [0.15, 0.2) is 5.16 Å². The molecule has 0 unspecified atom stereocenters. The van der Waals surface area contributed by atoms with Crippen LogP contribution < -0.4 is 5.48 Å². The zero-order chi connectivity index (χ0) is 14.5. The highest BCUT2D eigenvalue weighted by atomic mass is 32.2. The molecule has 2 aromatic rings. The maximum Gasteiger partial charge on any atom is 0.293 e. The number of nitrogens with zero attached hydrogens (tertiary/aromatic N) is 2. The Hall–Kier alpha value is -1.86. The molecule has 0 aliphatic rings. The van der Waals surface area contributed by atoms with E-state index >= 15 is 0 Å². The van der Waals surface area contributed by atoms with E-state index in [9.17, 15) is 9.18 Å². The number of hydroxylamine groups is 1. The molecule has 1 N–H and O–H groups in total. The van der Waals surface area contributed by atoms with Gasteiger partial charge in [0.1, 0.15) is 11.5 Å². The van der Waals surface area contributed by atoms with Crippen LogP contribution in [0.5, 0.6) is 0 Å². The lowest BCUT2D eigenvalue weighted by Crippen LogP contribution is -2.26. The second kappa shape index (κ2) is 6.53. The van der Waals surface area contributed by atoms with Gasteiger partial charge in [-0.2, -0.15) is 0 Å². The minimum absolute atomic E-state index is 0.328. The monoisotopic (exact) mass is 295 g/mol. The first-order valence-corrected chi connectivity index (χ1v) is 7.19. The fourth-order valence-electron chi connectivity index (χ4n) is 1.67. The van der Waals surface area contributed by atoms with Crippen LogP contribution in [0.1, 0.15) is 17.4 Å². The van der Waals surface area contributed by atoms with Gasteiger partial charge >= 0.3 is 0 Å². The molecule has 106 valence electrons. The van der Waals surface area contributed by atoms with E-state index in [0.29, 0.717) is 23.1 Å². The van der Waals surface area contributed by atoms with Crippen LogP contribution in [0, 0.1) is 5.82 Å². The highest BCUT2D eigenvalue weighted by Gasteiger charge is 2.17. The van der Waals surface area contributed by atoms with E-state index in [-0.39, 0.29) is 5.82 Å². The van der Waals surface area contributed by atoms with Crippen LogP contribution in [-0.4, -0.2) is 28.3 Å². The average molecular weight is 295 g/mol. The first-order chi connectivity index (χ1) is 9.67. The first-order valence-electron chi connectivity index (χ1n) is 5.97. The second-order valence-electron chi connectivity index (χ2n) is 3.81. The van der Waals surface area contributed by atoms with Crippen LogP contribution in [-0.2, 0) is 4.84 Å². The van der Waals surface area contributed by atoms with Gasteiger partial charge < -0.3 is 0 Å². The van der Waals surface area contributed by atoms with Crippen molar-refractivity contribution in [1.29, 1.82) is 0 Å². The topological polar surface area (TPSA) is 56.1 Å². The largest absolute Gasteiger partial charge is 0.293 e. The zero-order valence-corrected chi connectivity index (χ0v) is 11.9. The van der Waals surface area contributed by atoms with Gasteiger partial charge in [-0.05, 0) is 37.4 Å². The van der Waals surface area contributed by atoms with Crippen molar-refractivity contribution in [3.8, 4) is 5.69 Å². The molecule has 1 amide bonds. The Morgan fingerprint density at radius 2 is 2.15 bits per heavy atom. The smallest absolute Gasteiger partial charge is 0.283 e. The molecule has 0 bridgehead atoms. The van der Waals surface area contributed by atoms with Crippen molar-refractivity contribution < 1.29 is 14.0 Å². The summed E-state index contributed by atoms with van der Waals surface area (Å²) in [6.07, 6.45) is 3.32. The lowest BCUT2D eigenvalue weighted by molar-refractivity contribution is 0.0358. The number of carbonyl (C=O) groups is 1. The fourth-order valence-corrected chi connectivity index (χ4v) is 2.21. The maximum atomic E-state index is 13.0. The Labute approximate surface area is 120 Å². The number of amides is 1. The third-order valence-electron chi connectivity index (χ3n) is 2.54. The molecule has 1 heterocycles. The molecule has 0 atom stereocenters. The van der Waals surface area contributed by atoms with Crippen molar-refractivity contribution in [1.82, 2.24) is 15.0 Å². The molecule has 0 fully saturated rings. The summed E-state index contributed by atoms with van der Waals surface area (Å²) in [5.41, 5.74) is 3.31. The van der Waals surface area contributed by atoms with Crippen LogP contribution >= 0.6 is 11.8 Å². The summed E-state index contributed by atoms with van der Waals surface area (Å²) in [4.78, 5) is 21.1. The van der Waals surface area contributed by atoms with E-state index in [1.54, 1.807) is 23.6 Å². The van der Waals surface area contributed by atoms with E-state index in [1.165, 1.54) is 30.1 Å². The molecule has 2 rings (SSSR count). The number of thioether (sulfide) groups is 1. The molecule has 1 aromatic heterocycles. The standard InChI is InChI=1S/C13H14FN3O2S/c1-3-19-16-12(18)11-8-15-13(20-2)17(11)10-6-4-9(14)5-7-10/h4-8H,3H2,1-2H3,(H,16,18). The Morgan fingerprint density at radius 1 is 1.45 bits per heavy atom. The van der Waals surface area contributed by atoms with Crippen molar-refractivity contribution in [2.75, 3.05) is 12.9 Å². The maximum absolute atomic E-state index is 13.0. The van der Waals surface area contributed by atoms with Gasteiger partial charge in [0.25, 0.3) is 5.91 Å². The summed E-state index contributed by atoms with van der Waals surface area (Å²) >= 11 is 1.39. The van der Waals surface area contributed by atoms with Gasteiger partial charge in [0.05, 0.1) is 12.8 Å². The lowest BCUT2D eigenvalue weighted by atomic mass is 10.3. The number of benzene rings is 1. The van der Waals surface area contributed by atoms with Gasteiger partial charge in [-0.25, -0.2) is 14.9 Å². The van der Waals surface area contributed by atoms with Crippen molar-refractivity contribution in [2.45, 2.75) is 12.1 Å². The molecule has 0 spiro atoms. The predicted molar refractivity (Wildman–Crippen MR) is 74.4 cm³/mol. The van der Waals surface area contributed by atoms with Gasteiger partial charge in [-0.3, -0.25) is 14.2 Å².